The van der Waals surface area contributed by atoms with Gasteiger partial charge in [0.05, 0.1) is 6.61 Å². The van der Waals surface area contributed by atoms with E-state index in [-0.39, 0.29) is 25.3 Å². The minimum Gasteiger partial charge on any atom is -0.394 e. The first-order chi connectivity index (χ1) is 11.6. The van der Waals surface area contributed by atoms with Gasteiger partial charge in [-0.25, -0.2) is 9.98 Å². The molecular weight excluding hydrogens is 328 g/mol. The van der Waals surface area contributed by atoms with Crippen molar-refractivity contribution >= 4 is 17.9 Å². The smallest absolute Gasteiger partial charge is 0.162 e. The molecule has 3 heterocycles. The van der Waals surface area contributed by atoms with E-state index >= 15 is 0 Å². The highest BCUT2D eigenvalue weighted by atomic mass is 16.6. The molecule has 3 aliphatic heterocycles. The number of nitrogens with two attached hydrogens (primary N) is 1. The van der Waals surface area contributed by atoms with Crippen molar-refractivity contribution in [3.63, 3.8) is 0 Å². The number of aliphatic imine (C=N–C) groups is 3. The van der Waals surface area contributed by atoms with Gasteiger partial charge < -0.3 is 36.8 Å². The summed E-state index contributed by atoms with van der Waals surface area (Å²) < 4.78 is 5.60. The molecule has 0 aromatic rings. The van der Waals surface area contributed by atoms with Crippen molar-refractivity contribution in [2.75, 3.05) is 13.3 Å². The lowest BCUT2D eigenvalue weighted by atomic mass is 9.86. The molecule has 10 nitrogen and oxygen atoms in total. The first-order valence-electron chi connectivity index (χ1n) is 8.41. The summed E-state index contributed by atoms with van der Waals surface area (Å²) in [6, 6.07) is 0. The number of ether oxygens (including phenoxy) is 1. The van der Waals surface area contributed by atoms with Gasteiger partial charge in [0.1, 0.15) is 37.0 Å². The van der Waals surface area contributed by atoms with Crippen LogP contribution in [0.15, 0.2) is 15.0 Å². The Labute approximate surface area is 145 Å². The van der Waals surface area contributed by atoms with Crippen LogP contribution in [-0.2, 0) is 4.74 Å². The largest absolute Gasteiger partial charge is 0.394 e. The SMILES string of the molecule is N.NC1(C2CCCC2)N=CN=C2C1=NCN2[C@@H]1O[C@H](CO)[C@@H](O)[C@H]1O. The van der Waals surface area contributed by atoms with Crippen molar-refractivity contribution in [1.29, 1.82) is 0 Å². The molecule has 0 bridgehead atoms. The Bertz CT molecular complexity index is 605. The first-order valence-corrected chi connectivity index (χ1v) is 8.41. The Morgan fingerprint density at radius 1 is 1.28 bits per heavy atom. The predicted molar refractivity (Wildman–Crippen MR) is 91.7 cm³/mol. The fourth-order valence-corrected chi connectivity index (χ4v) is 4.11. The van der Waals surface area contributed by atoms with E-state index in [1.807, 2.05) is 0 Å². The van der Waals surface area contributed by atoms with Crippen LogP contribution >= 0.6 is 0 Å². The van der Waals surface area contributed by atoms with Gasteiger partial charge in [0, 0.05) is 5.92 Å². The maximum Gasteiger partial charge on any atom is 0.162 e. The molecule has 0 aromatic heterocycles. The Morgan fingerprint density at radius 3 is 2.64 bits per heavy atom. The Balaban J connectivity index is 0.00000182. The third-order valence-corrected chi connectivity index (χ3v) is 5.50. The number of hydrogen-bond acceptors (Lipinski definition) is 10. The Kier molecular flexibility index (Phi) is 4.93. The topological polar surface area (TPSA) is 171 Å². The number of aliphatic hydroxyl groups is 3. The quantitative estimate of drug-likeness (QED) is 0.414. The van der Waals surface area contributed by atoms with E-state index in [1.165, 1.54) is 6.34 Å². The van der Waals surface area contributed by atoms with E-state index in [0.29, 0.717) is 11.5 Å². The summed E-state index contributed by atoms with van der Waals surface area (Å²) in [5.41, 5.74) is 6.33. The standard InChI is InChI=1S/C15H23N5O4.H3N/c16-15(8-3-1-2-4-8)12-13(17-6-19-15)20(7-18-12)14-11(23)10(22)9(5-21)24-14;/h6,8-11,14,21-23H,1-5,7,16H2;1H3/t9-,10-,11-,14-,15?;/m1./s1. The first kappa shape index (κ1) is 18.4. The van der Waals surface area contributed by atoms with E-state index in [4.69, 9.17) is 10.5 Å². The maximum absolute atomic E-state index is 10.3. The molecule has 5 atom stereocenters. The third-order valence-electron chi connectivity index (χ3n) is 5.50. The molecule has 8 N–H and O–H groups in total. The normalized spacial score (nSPS) is 40.7. The zero-order chi connectivity index (χ0) is 16.9. The fraction of sp³-hybridized carbons (Fsp3) is 0.800. The van der Waals surface area contributed by atoms with Crippen molar-refractivity contribution in [3.05, 3.63) is 0 Å². The zero-order valence-electron chi connectivity index (χ0n) is 14.0. The monoisotopic (exact) mass is 354 g/mol. The third kappa shape index (κ3) is 2.69. The number of rotatable bonds is 3. The number of fused-ring (bicyclic) bond motifs is 1. The van der Waals surface area contributed by atoms with Crippen molar-refractivity contribution in [2.45, 2.75) is 55.9 Å². The van der Waals surface area contributed by atoms with Crippen LogP contribution in [0.1, 0.15) is 25.7 Å². The fourth-order valence-electron chi connectivity index (χ4n) is 4.11. The molecule has 0 amide bonds. The summed E-state index contributed by atoms with van der Waals surface area (Å²) in [7, 11) is 0. The Morgan fingerprint density at radius 2 is 2.00 bits per heavy atom. The van der Waals surface area contributed by atoms with Gasteiger partial charge in [-0.3, -0.25) is 4.99 Å². The van der Waals surface area contributed by atoms with Crippen LogP contribution in [0.2, 0.25) is 0 Å². The van der Waals surface area contributed by atoms with Gasteiger partial charge >= 0.3 is 0 Å². The van der Waals surface area contributed by atoms with E-state index in [9.17, 15) is 15.3 Å². The molecule has 0 spiro atoms. The summed E-state index contributed by atoms with van der Waals surface area (Å²) >= 11 is 0. The van der Waals surface area contributed by atoms with Crippen LogP contribution in [0, 0.1) is 5.92 Å². The lowest BCUT2D eigenvalue weighted by molar-refractivity contribution is -0.0688. The van der Waals surface area contributed by atoms with E-state index in [0.717, 1.165) is 25.7 Å². The van der Waals surface area contributed by atoms with Crippen LogP contribution in [-0.4, -0.2) is 81.6 Å². The summed E-state index contributed by atoms with van der Waals surface area (Å²) in [5, 5.41) is 29.5. The minimum absolute atomic E-state index is 0. The number of hydrogen-bond donors (Lipinski definition) is 5. The average molecular weight is 354 g/mol. The second-order valence-electron chi connectivity index (χ2n) is 6.85. The maximum atomic E-state index is 10.3. The molecule has 4 rings (SSSR count). The van der Waals surface area contributed by atoms with Crippen molar-refractivity contribution in [1.82, 2.24) is 11.1 Å². The van der Waals surface area contributed by atoms with Crippen molar-refractivity contribution in [2.24, 2.45) is 26.6 Å². The molecule has 1 aliphatic carbocycles. The molecule has 25 heavy (non-hydrogen) atoms. The van der Waals surface area contributed by atoms with E-state index < -0.39 is 30.2 Å². The van der Waals surface area contributed by atoms with Crippen LogP contribution in [0.25, 0.3) is 0 Å². The highest BCUT2D eigenvalue weighted by molar-refractivity contribution is 6.47. The lowest BCUT2D eigenvalue weighted by Crippen LogP contribution is -2.58. The van der Waals surface area contributed by atoms with E-state index in [2.05, 4.69) is 15.0 Å². The van der Waals surface area contributed by atoms with Crippen LogP contribution < -0.4 is 11.9 Å². The van der Waals surface area contributed by atoms with Crippen LogP contribution in [0.5, 0.6) is 0 Å². The average Bonchev–Trinajstić information content (AvgIpc) is 3.29. The number of aliphatic hydroxyl groups excluding tert-OH is 3. The molecule has 10 heteroatoms. The Hall–Kier alpha value is -1.43. The van der Waals surface area contributed by atoms with Gasteiger partial charge in [-0.1, -0.05) is 12.8 Å². The van der Waals surface area contributed by atoms with Gasteiger partial charge in [0.25, 0.3) is 0 Å². The highest BCUT2D eigenvalue weighted by Crippen LogP contribution is 2.38. The molecule has 1 saturated carbocycles. The summed E-state index contributed by atoms with van der Waals surface area (Å²) in [6.07, 6.45) is 1.78. The van der Waals surface area contributed by atoms with Crippen LogP contribution in [0.4, 0.5) is 0 Å². The highest BCUT2D eigenvalue weighted by Gasteiger charge is 2.52. The molecule has 140 valence electrons. The summed E-state index contributed by atoms with van der Waals surface area (Å²) in [5.74, 6) is 0.761. The van der Waals surface area contributed by atoms with Crippen molar-refractivity contribution in [3.8, 4) is 0 Å². The van der Waals surface area contributed by atoms with Gasteiger partial charge in [-0.2, -0.15) is 0 Å². The molecular formula is C15H26N6O4. The molecule has 0 radical (unpaired) electrons. The second kappa shape index (κ2) is 6.71. The summed E-state index contributed by atoms with van der Waals surface area (Å²) in [6.45, 7) is -0.136. The molecule has 1 saturated heterocycles. The van der Waals surface area contributed by atoms with Crippen molar-refractivity contribution < 1.29 is 20.1 Å². The molecule has 2 fully saturated rings. The van der Waals surface area contributed by atoms with Gasteiger partial charge in [-0.15, -0.1) is 0 Å². The molecule has 4 aliphatic rings. The van der Waals surface area contributed by atoms with Gasteiger partial charge in [0.15, 0.2) is 17.7 Å². The molecule has 0 aromatic carbocycles. The number of amidine groups is 1. The van der Waals surface area contributed by atoms with Gasteiger partial charge in [-0.05, 0) is 12.8 Å². The van der Waals surface area contributed by atoms with Crippen LogP contribution in [0.3, 0.4) is 0 Å². The second-order valence-corrected chi connectivity index (χ2v) is 6.85. The minimum atomic E-state index is -1.16. The van der Waals surface area contributed by atoms with Gasteiger partial charge in [0.2, 0.25) is 0 Å². The molecule has 1 unspecified atom stereocenters. The van der Waals surface area contributed by atoms with E-state index in [1.54, 1.807) is 4.90 Å². The zero-order valence-corrected chi connectivity index (χ0v) is 14.0. The lowest BCUT2D eigenvalue weighted by Gasteiger charge is -2.35. The summed E-state index contributed by atoms with van der Waals surface area (Å²) in [4.78, 5) is 14.9. The number of nitrogens with zero attached hydrogens (tertiary/aromatic N) is 4. The predicted octanol–water partition coefficient (Wildman–Crippen LogP) is -1.41.